The quantitative estimate of drug-likeness (QED) is 0.887. The highest BCUT2D eigenvalue weighted by molar-refractivity contribution is 9.10. The average molecular weight is 304 g/mol. The number of aryl methyl sites for hydroxylation is 2. The fraction of sp³-hybridized carbons (Fsp3) is 0.250. The molecule has 2 heteroatoms. The van der Waals surface area contributed by atoms with Gasteiger partial charge in [0, 0.05) is 4.47 Å². The lowest BCUT2D eigenvalue weighted by Gasteiger charge is -2.20. The van der Waals surface area contributed by atoms with Gasteiger partial charge in [0.1, 0.15) is 0 Å². The summed E-state index contributed by atoms with van der Waals surface area (Å²) in [6, 6.07) is 15.3. The minimum atomic E-state index is 0.238. The summed E-state index contributed by atoms with van der Waals surface area (Å²) in [6.45, 7) is 4.28. The minimum absolute atomic E-state index is 0.238. The van der Waals surface area contributed by atoms with Gasteiger partial charge >= 0.3 is 0 Å². The summed E-state index contributed by atoms with van der Waals surface area (Å²) in [4.78, 5) is 0. The van der Waals surface area contributed by atoms with Crippen molar-refractivity contribution in [3.05, 3.63) is 69.2 Å². The highest BCUT2D eigenvalue weighted by Gasteiger charge is 2.14. The van der Waals surface area contributed by atoms with Gasteiger partial charge in [-0.25, -0.2) is 0 Å². The summed E-state index contributed by atoms with van der Waals surface area (Å²) >= 11 is 3.57. The van der Waals surface area contributed by atoms with Crippen molar-refractivity contribution in [2.45, 2.75) is 19.9 Å². The van der Waals surface area contributed by atoms with Crippen LogP contribution < -0.4 is 5.32 Å². The molecule has 2 aromatic rings. The third-order valence-electron chi connectivity index (χ3n) is 3.19. The van der Waals surface area contributed by atoms with E-state index in [1.165, 1.54) is 22.3 Å². The second-order valence-corrected chi connectivity index (χ2v) is 5.56. The molecule has 2 aromatic carbocycles. The molecular formula is C16H18BrN. The maximum absolute atomic E-state index is 3.57. The molecule has 0 aromatic heterocycles. The van der Waals surface area contributed by atoms with Crippen molar-refractivity contribution in [1.29, 1.82) is 0 Å². The van der Waals surface area contributed by atoms with Crippen LogP contribution in [0.5, 0.6) is 0 Å². The lowest BCUT2D eigenvalue weighted by molar-refractivity contribution is 0.686. The molecule has 0 saturated heterocycles. The van der Waals surface area contributed by atoms with Crippen molar-refractivity contribution in [3.63, 3.8) is 0 Å². The zero-order valence-corrected chi connectivity index (χ0v) is 12.6. The molecule has 94 valence electrons. The molecule has 0 fully saturated rings. The van der Waals surface area contributed by atoms with Crippen molar-refractivity contribution in [3.8, 4) is 0 Å². The van der Waals surface area contributed by atoms with E-state index in [1.54, 1.807) is 0 Å². The van der Waals surface area contributed by atoms with Gasteiger partial charge in [-0.2, -0.15) is 0 Å². The van der Waals surface area contributed by atoms with Crippen LogP contribution in [0.4, 0.5) is 0 Å². The van der Waals surface area contributed by atoms with E-state index in [2.05, 4.69) is 77.6 Å². The van der Waals surface area contributed by atoms with Crippen LogP contribution in [0.15, 0.2) is 46.9 Å². The van der Waals surface area contributed by atoms with Crippen LogP contribution >= 0.6 is 15.9 Å². The Morgan fingerprint density at radius 2 is 1.78 bits per heavy atom. The van der Waals surface area contributed by atoms with Crippen LogP contribution in [0, 0.1) is 13.8 Å². The van der Waals surface area contributed by atoms with Crippen LogP contribution in [0.2, 0.25) is 0 Å². The summed E-state index contributed by atoms with van der Waals surface area (Å²) in [5.74, 6) is 0. The Labute approximate surface area is 117 Å². The summed E-state index contributed by atoms with van der Waals surface area (Å²) in [5, 5.41) is 3.41. The van der Waals surface area contributed by atoms with Gasteiger partial charge in [0.25, 0.3) is 0 Å². The third kappa shape index (κ3) is 2.82. The lowest BCUT2D eigenvalue weighted by atomic mass is 9.94. The number of hydrogen-bond acceptors (Lipinski definition) is 1. The van der Waals surface area contributed by atoms with E-state index in [4.69, 9.17) is 0 Å². The van der Waals surface area contributed by atoms with E-state index in [1.807, 2.05) is 7.05 Å². The first-order valence-electron chi connectivity index (χ1n) is 6.11. The Hall–Kier alpha value is -1.12. The topological polar surface area (TPSA) is 12.0 Å². The number of nitrogens with one attached hydrogen (secondary N) is 1. The van der Waals surface area contributed by atoms with Crippen LogP contribution in [0.25, 0.3) is 0 Å². The molecule has 0 bridgehead atoms. The molecule has 2 rings (SSSR count). The molecule has 1 nitrogen and oxygen atoms in total. The van der Waals surface area contributed by atoms with Gasteiger partial charge in [0.2, 0.25) is 0 Å². The van der Waals surface area contributed by atoms with Gasteiger partial charge in [-0.1, -0.05) is 46.3 Å². The Morgan fingerprint density at radius 1 is 1.06 bits per heavy atom. The SMILES string of the molecule is CNC(c1cc(C)cc(Br)c1)c1ccccc1C. The zero-order valence-electron chi connectivity index (χ0n) is 11.0. The highest BCUT2D eigenvalue weighted by Crippen LogP contribution is 2.27. The Kier molecular flexibility index (Phi) is 4.20. The molecule has 0 heterocycles. The van der Waals surface area contributed by atoms with E-state index < -0.39 is 0 Å². The van der Waals surface area contributed by atoms with E-state index >= 15 is 0 Å². The Bertz CT molecular complexity index is 528. The van der Waals surface area contributed by atoms with E-state index in [0.29, 0.717) is 0 Å². The van der Waals surface area contributed by atoms with E-state index in [9.17, 15) is 0 Å². The van der Waals surface area contributed by atoms with Crippen LogP contribution in [0.3, 0.4) is 0 Å². The monoisotopic (exact) mass is 303 g/mol. The number of hydrogen-bond donors (Lipinski definition) is 1. The Balaban J connectivity index is 2.48. The molecule has 1 N–H and O–H groups in total. The molecule has 0 spiro atoms. The summed E-state index contributed by atoms with van der Waals surface area (Å²) in [6.07, 6.45) is 0. The molecule has 0 aliphatic heterocycles. The fourth-order valence-electron chi connectivity index (χ4n) is 2.34. The zero-order chi connectivity index (χ0) is 13.1. The van der Waals surface area contributed by atoms with Gasteiger partial charge in [0.05, 0.1) is 6.04 Å². The molecule has 0 aliphatic carbocycles. The van der Waals surface area contributed by atoms with E-state index in [0.717, 1.165) is 4.47 Å². The third-order valence-corrected chi connectivity index (χ3v) is 3.64. The molecule has 1 atom stereocenters. The second kappa shape index (κ2) is 5.68. The molecule has 0 radical (unpaired) electrons. The molecule has 1 unspecified atom stereocenters. The van der Waals surface area contributed by atoms with Gasteiger partial charge in [-0.15, -0.1) is 0 Å². The highest BCUT2D eigenvalue weighted by atomic mass is 79.9. The van der Waals surface area contributed by atoms with Gasteiger partial charge in [-0.05, 0) is 55.3 Å². The molecule has 0 saturated carbocycles. The first-order valence-corrected chi connectivity index (χ1v) is 6.91. The van der Waals surface area contributed by atoms with Gasteiger partial charge < -0.3 is 5.32 Å². The maximum Gasteiger partial charge on any atom is 0.0577 e. The van der Waals surface area contributed by atoms with Crippen LogP contribution in [-0.4, -0.2) is 7.05 Å². The van der Waals surface area contributed by atoms with Gasteiger partial charge in [-0.3, -0.25) is 0 Å². The number of benzene rings is 2. The molecular weight excluding hydrogens is 286 g/mol. The van der Waals surface area contributed by atoms with Crippen molar-refractivity contribution in [2.75, 3.05) is 7.05 Å². The first-order chi connectivity index (χ1) is 8.61. The summed E-state index contributed by atoms with van der Waals surface area (Å²) in [7, 11) is 2.01. The smallest absolute Gasteiger partial charge is 0.0577 e. The largest absolute Gasteiger partial charge is 0.309 e. The standard InChI is InChI=1S/C16H18BrN/c1-11-8-13(10-14(17)9-11)16(18-3)15-7-5-4-6-12(15)2/h4-10,16,18H,1-3H3. The normalized spacial score (nSPS) is 12.4. The van der Waals surface area contributed by atoms with Crippen molar-refractivity contribution in [2.24, 2.45) is 0 Å². The average Bonchev–Trinajstić information content (AvgIpc) is 2.31. The number of rotatable bonds is 3. The van der Waals surface area contributed by atoms with Crippen molar-refractivity contribution >= 4 is 15.9 Å². The fourth-order valence-corrected chi connectivity index (χ4v) is 2.97. The molecule has 0 amide bonds. The molecule has 0 aliphatic rings. The van der Waals surface area contributed by atoms with Crippen molar-refractivity contribution < 1.29 is 0 Å². The summed E-state index contributed by atoms with van der Waals surface area (Å²) in [5.41, 5.74) is 5.21. The first kappa shape index (κ1) is 13.3. The predicted octanol–water partition coefficient (Wildman–Crippen LogP) is 4.37. The number of halogens is 1. The van der Waals surface area contributed by atoms with Gasteiger partial charge in [0.15, 0.2) is 0 Å². The van der Waals surface area contributed by atoms with Crippen molar-refractivity contribution in [1.82, 2.24) is 5.32 Å². The summed E-state index contributed by atoms with van der Waals surface area (Å²) < 4.78 is 1.13. The van der Waals surface area contributed by atoms with Crippen LogP contribution in [0.1, 0.15) is 28.3 Å². The lowest BCUT2D eigenvalue weighted by Crippen LogP contribution is -2.18. The molecule has 18 heavy (non-hydrogen) atoms. The Morgan fingerprint density at radius 3 is 2.39 bits per heavy atom. The second-order valence-electron chi connectivity index (χ2n) is 4.64. The maximum atomic E-state index is 3.57. The minimum Gasteiger partial charge on any atom is -0.309 e. The predicted molar refractivity (Wildman–Crippen MR) is 81.0 cm³/mol. The van der Waals surface area contributed by atoms with Crippen LogP contribution in [-0.2, 0) is 0 Å². The van der Waals surface area contributed by atoms with E-state index in [-0.39, 0.29) is 6.04 Å².